The molecular weight excluding hydrogens is 256 g/mol. The van der Waals surface area contributed by atoms with E-state index in [1.165, 1.54) is 0 Å². The SMILES string of the molecule is C[C@H]1OCC[C@H]1NC(=O)c1ccc(OC(C)(C)C)cn1. The minimum Gasteiger partial charge on any atom is -0.487 e. The van der Waals surface area contributed by atoms with E-state index in [4.69, 9.17) is 9.47 Å². The molecule has 2 heterocycles. The number of nitrogens with one attached hydrogen (secondary N) is 1. The van der Waals surface area contributed by atoms with E-state index in [1.807, 2.05) is 27.7 Å². The maximum atomic E-state index is 12.1. The van der Waals surface area contributed by atoms with Crippen molar-refractivity contribution in [3.05, 3.63) is 24.0 Å². The normalized spacial score (nSPS) is 22.6. The molecule has 1 aliphatic heterocycles. The number of rotatable bonds is 3. The molecule has 0 spiro atoms. The first-order chi connectivity index (χ1) is 9.35. The molecule has 1 aromatic heterocycles. The van der Waals surface area contributed by atoms with Crippen LogP contribution in [0.1, 0.15) is 44.6 Å². The van der Waals surface area contributed by atoms with Crippen molar-refractivity contribution in [3.8, 4) is 5.75 Å². The molecule has 110 valence electrons. The van der Waals surface area contributed by atoms with Crippen LogP contribution in [0, 0.1) is 0 Å². The van der Waals surface area contributed by atoms with Crippen LogP contribution in [0.15, 0.2) is 18.3 Å². The number of carbonyl (C=O) groups is 1. The predicted molar refractivity (Wildman–Crippen MR) is 75.9 cm³/mol. The molecule has 0 saturated carbocycles. The summed E-state index contributed by atoms with van der Waals surface area (Å²) in [6.07, 6.45) is 2.48. The molecule has 0 bridgehead atoms. The Morgan fingerprint density at radius 2 is 2.20 bits per heavy atom. The van der Waals surface area contributed by atoms with Gasteiger partial charge in [-0.1, -0.05) is 0 Å². The standard InChI is InChI=1S/C15H22N2O3/c1-10-12(7-8-19-10)17-14(18)13-6-5-11(9-16-13)20-15(2,3)4/h5-6,9-10,12H,7-8H2,1-4H3,(H,17,18)/t10-,12-/m1/s1. The van der Waals surface area contributed by atoms with E-state index in [1.54, 1.807) is 18.3 Å². The molecule has 1 aliphatic rings. The lowest BCUT2D eigenvalue weighted by Gasteiger charge is -2.21. The zero-order valence-corrected chi connectivity index (χ0v) is 12.5. The number of amides is 1. The minimum absolute atomic E-state index is 0.0578. The first-order valence-electron chi connectivity index (χ1n) is 6.93. The Hall–Kier alpha value is -1.62. The van der Waals surface area contributed by atoms with Gasteiger partial charge in [0, 0.05) is 6.61 Å². The molecule has 1 saturated heterocycles. The first kappa shape index (κ1) is 14.8. The third-order valence-corrected chi connectivity index (χ3v) is 3.09. The van der Waals surface area contributed by atoms with Crippen LogP contribution in [0.25, 0.3) is 0 Å². The van der Waals surface area contributed by atoms with Gasteiger partial charge in [-0.05, 0) is 46.2 Å². The Kier molecular flexibility index (Phi) is 4.28. The highest BCUT2D eigenvalue weighted by Gasteiger charge is 2.26. The number of hydrogen-bond acceptors (Lipinski definition) is 4. The van der Waals surface area contributed by atoms with Crippen LogP contribution in [0.3, 0.4) is 0 Å². The Labute approximate surface area is 119 Å². The summed E-state index contributed by atoms with van der Waals surface area (Å²) in [5.74, 6) is 0.487. The van der Waals surface area contributed by atoms with Crippen molar-refractivity contribution in [3.63, 3.8) is 0 Å². The van der Waals surface area contributed by atoms with Crippen molar-refractivity contribution < 1.29 is 14.3 Å². The van der Waals surface area contributed by atoms with Crippen LogP contribution in [0.4, 0.5) is 0 Å². The maximum absolute atomic E-state index is 12.1. The third kappa shape index (κ3) is 3.93. The molecule has 1 fully saturated rings. The fourth-order valence-electron chi connectivity index (χ4n) is 2.09. The van der Waals surface area contributed by atoms with Gasteiger partial charge in [0.25, 0.3) is 5.91 Å². The van der Waals surface area contributed by atoms with E-state index in [0.717, 1.165) is 6.42 Å². The molecule has 0 aliphatic carbocycles. The van der Waals surface area contributed by atoms with Crippen LogP contribution in [0.5, 0.6) is 5.75 Å². The Morgan fingerprint density at radius 1 is 1.45 bits per heavy atom. The predicted octanol–water partition coefficient (Wildman–Crippen LogP) is 2.17. The number of hydrogen-bond donors (Lipinski definition) is 1. The first-order valence-corrected chi connectivity index (χ1v) is 6.93. The summed E-state index contributed by atoms with van der Waals surface area (Å²) >= 11 is 0. The molecule has 2 atom stereocenters. The van der Waals surface area contributed by atoms with Crippen molar-refractivity contribution in [1.29, 1.82) is 0 Å². The summed E-state index contributed by atoms with van der Waals surface area (Å²) in [5, 5.41) is 2.95. The summed E-state index contributed by atoms with van der Waals surface area (Å²) in [5.41, 5.74) is 0.118. The summed E-state index contributed by atoms with van der Waals surface area (Å²) < 4.78 is 11.1. The fourth-order valence-corrected chi connectivity index (χ4v) is 2.09. The number of pyridine rings is 1. The van der Waals surface area contributed by atoms with E-state index < -0.39 is 0 Å². The van der Waals surface area contributed by atoms with Crippen molar-refractivity contribution in [2.24, 2.45) is 0 Å². The zero-order chi connectivity index (χ0) is 14.8. The van der Waals surface area contributed by atoms with Gasteiger partial charge in [0.15, 0.2) is 0 Å². The van der Waals surface area contributed by atoms with Gasteiger partial charge in [0.2, 0.25) is 0 Å². The summed E-state index contributed by atoms with van der Waals surface area (Å²) in [6.45, 7) is 8.56. The Morgan fingerprint density at radius 3 is 2.70 bits per heavy atom. The highest BCUT2D eigenvalue weighted by molar-refractivity contribution is 5.92. The summed E-state index contributed by atoms with van der Waals surface area (Å²) in [4.78, 5) is 16.2. The highest BCUT2D eigenvalue weighted by Crippen LogP contribution is 2.17. The zero-order valence-electron chi connectivity index (χ0n) is 12.5. The number of carbonyl (C=O) groups excluding carboxylic acids is 1. The number of aromatic nitrogens is 1. The van der Waals surface area contributed by atoms with Gasteiger partial charge in [-0.15, -0.1) is 0 Å². The van der Waals surface area contributed by atoms with E-state index >= 15 is 0 Å². The van der Waals surface area contributed by atoms with Gasteiger partial charge in [-0.3, -0.25) is 4.79 Å². The summed E-state index contributed by atoms with van der Waals surface area (Å²) in [7, 11) is 0. The molecule has 2 rings (SSSR count). The van der Waals surface area contributed by atoms with Gasteiger partial charge in [0.05, 0.1) is 18.3 Å². The minimum atomic E-state index is -0.276. The molecule has 5 nitrogen and oxygen atoms in total. The lowest BCUT2D eigenvalue weighted by atomic mass is 10.1. The molecule has 0 aromatic carbocycles. The second-order valence-corrected chi connectivity index (χ2v) is 6.04. The van der Waals surface area contributed by atoms with E-state index in [0.29, 0.717) is 18.1 Å². The fraction of sp³-hybridized carbons (Fsp3) is 0.600. The molecule has 5 heteroatoms. The second kappa shape index (κ2) is 5.79. The maximum Gasteiger partial charge on any atom is 0.270 e. The topological polar surface area (TPSA) is 60.5 Å². The number of ether oxygens (including phenoxy) is 2. The average Bonchev–Trinajstić information content (AvgIpc) is 2.74. The van der Waals surface area contributed by atoms with E-state index in [-0.39, 0.29) is 23.7 Å². The van der Waals surface area contributed by atoms with Gasteiger partial charge in [-0.2, -0.15) is 0 Å². The van der Waals surface area contributed by atoms with Crippen molar-refractivity contribution >= 4 is 5.91 Å². The largest absolute Gasteiger partial charge is 0.487 e. The Balaban J connectivity index is 1.97. The summed E-state index contributed by atoms with van der Waals surface area (Å²) in [6, 6.07) is 3.51. The lowest BCUT2D eigenvalue weighted by molar-refractivity contribution is 0.0861. The molecule has 0 unspecified atom stereocenters. The molecule has 20 heavy (non-hydrogen) atoms. The molecular formula is C15H22N2O3. The van der Waals surface area contributed by atoms with Gasteiger partial charge < -0.3 is 14.8 Å². The van der Waals surface area contributed by atoms with Crippen molar-refractivity contribution in [2.75, 3.05) is 6.61 Å². The molecule has 1 N–H and O–H groups in total. The second-order valence-electron chi connectivity index (χ2n) is 6.04. The molecule has 1 amide bonds. The Bertz CT molecular complexity index is 465. The van der Waals surface area contributed by atoms with Crippen LogP contribution < -0.4 is 10.1 Å². The van der Waals surface area contributed by atoms with Crippen LogP contribution in [-0.2, 0) is 4.74 Å². The highest BCUT2D eigenvalue weighted by atomic mass is 16.5. The smallest absolute Gasteiger partial charge is 0.270 e. The molecule has 1 aromatic rings. The van der Waals surface area contributed by atoms with Crippen LogP contribution in [0.2, 0.25) is 0 Å². The van der Waals surface area contributed by atoms with E-state index in [2.05, 4.69) is 10.3 Å². The molecule has 0 radical (unpaired) electrons. The van der Waals surface area contributed by atoms with Gasteiger partial charge >= 0.3 is 0 Å². The average molecular weight is 278 g/mol. The van der Waals surface area contributed by atoms with Crippen LogP contribution in [-0.4, -0.2) is 35.2 Å². The van der Waals surface area contributed by atoms with E-state index in [9.17, 15) is 4.79 Å². The van der Waals surface area contributed by atoms with Crippen molar-refractivity contribution in [1.82, 2.24) is 10.3 Å². The van der Waals surface area contributed by atoms with Gasteiger partial charge in [-0.25, -0.2) is 4.98 Å². The third-order valence-electron chi connectivity index (χ3n) is 3.09. The van der Waals surface area contributed by atoms with Crippen LogP contribution >= 0.6 is 0 Å². The quantitative estimate of drug-likeness (QED) is 0.920. The lowest BCUT2D eigenvalue weighted by Crippen LogP contribution is -2.39. The number of nitrogens with zero attached hydrogens (tertiary/aromatic N) is 1. The van der Waals surface area contributed by atoms with Gasteiger partial charge in [0.1, 0.15) is 17.0 Å². The van der Waals surface area contributed by atoms with Crippen molar-refractivity contribution in [2.45, 2.75) is 51.9 Å². The monoisotopic (exact) mass is 278 g/mol.